The van der Waals surface area contributed by atoms with Crippen molar-refractivity contribution < 1.29 is 8.78 Å². The predicted octanol–water partition coefficient (Wildman–Crippen LogP) is 2.10. The van der Waals surface area contributed by atoms with Crippen molar-refractivity contribution in [3.05, 3.63) is 39.8 Å². The van der Waals surface area contributed by atoms with Gasteiger partial charge in [0.2, 0.25) is 0 Å². The van der Waals surface area contributed by atoms with Crippen LogP contribution in [-0.2, 0) is 5.33 Å². The number of halogens is 3. The smallest absolute Gasteiger partial charge is 0.271 e. The van der Waals surface area contributed by atoms with Gasteiger partial charge in [-0.3, -0.25) is 4.79 Å². The molecule has 1 N–H and O–H groups in total. The molecule has 15 heavy (non-hydrogen) atoms. The molecule has 2 rings (SSSR count). The maximum absolute atomic E-state index is 12.9. The van der Waals surface area contributed by atoms with Gasteiger partial charge in [-0.15, -0.1) is 0 Å². The van der Waals surface area contributed by atoms with Crippen LogP contribution in [0.5, 0.6) is 0 Å². The second kappa shape index (κ2) is 3.69. The predicted molar refractivity (Wildman–Crippen MR) is 54.9 cm³/mol. The van der Waals surface area contributed by atoms with Crippen LogP contribution in [0.15, 0.2) is 16.9 Å². The summed E-state index contributed by atoms with van der Waals surface area (Å²) in [5, 5.41) is 0.261. The molecule has 6 heteroatoms. The van der Waals surface area contributed by atoms with Crippen molar-refractivity contribution in [1.29, 1.82) is 0 Å². The highest BCUT2D eigenvalue weighted by Gasteiger charge is 2.08. The Kier molecular flexibility index (Phi) is 2.52. The number of hydrogen-bond donors (Lipinski definition) is 1. The molecule has 1 aromatic carbocycles. The Hall–Kier alpha value is -1.30. The van der Waals surface area contributed by atoms with Crippen LogP contribution in [-0.4, -0.2) is 9.97 Å². The quantitative estimate of drug-likeness (QED) is 0.810. The number of alkyl halides is 1. The van der Waals surface area contributed by atoms with Gasteiger partial charge >= 0.3 is 0 Å². The van der Waals surface area contributed by atoms with E-state index in [9.17, 15) is 13.6 Å². The Bertz CT molecular complexity index is 582. The second-order valence-electron chi connectivity index (χ2n) is 2.93. The van der Waals surface area contributed by atoms with E-state index in [0.29, 0.717) is 0 Å². The van der Waals surface area contributed by atoms with Crippen LogP contribution in [0.3, 0.4) is 0 Å². The van der Waals surface area contributed by atoms with Crippen molar-refractivity contribution in [2.45, 2.75) is 5.33 Å². The normalized spacial score (nSPS) is 10.9. The molecule has 0 aliphatic heterocycles. The summed E-state index contributed by atoms with van der Waals surface area (Å²) in [4.78, 5) is 17.6. The van der Waals surface area contributed by atoms with E-state index in [0.717, 1.165) is 12.1 Å². The second-order valence-corrected chi connectivity index (χ2v) is 3.49. The van der Waals surface area contributed by atoms with Gasteiger partial charge in [0.25, 0.3) is 5.56 Å². The highest BCUT2D eigenvalue weighted by molar-refractivity contribution is 9.08. The van der Waals surface area contributed by atoms with E-state index in [1.807, 2.05) is 0 Å². The van der Waals surface area contributed by atoms with E-state index >= 15 is 0 Å². The SMILES string of the molecule is O=c1[nH]c2cc(F)c(F)cc2nc1CBr. The van der Waals surface area contributed by atoms with E-state index < -0.39 is 17.2 Å². The van der Waals surface area contributed by atoms with E-state index in [-0.39, 0.29) is 22.1 Å². The zero-order chi connectivity index (χ0) is 11.0. The maximum atomic E-state index is 12.9. The van der Waals surface area contributed by atoms with Crippen LogP contribution in [0.1, 0.15) is 5.69 Å². The van der Waals surface area contributed by atoms with Crippen molar-refractivity contribution in [2.24, 2.45) is 0 Å². The molecule has 1 heterocycles. The van der Waals surface area contributed by atoms with Crippen LogP contribution < -0.4 is 5.56 Å². The lowest BCUT2D eigenvalue weighted by Gasteiger charge is -2.00. The fraction of sp³-hybridized carbons (Fsp3) is 0.111. The third kappa shape index (κ3) is 1.77. The summed E-state index contributed by atoms with van der Waals surface area (Å²) in [6, 6.07) is 1.86. The Morgan fingerprint density at radius 1 is 1.33 bits per heavy atom. The topological polar surface area (TPSA) is 45.8 Å². The number of nitrogens with one attached hydrogen (secondary N) is 1. The largest absolute Gasteiger partial charge is 0.319 e. The lowest BCUT2D eigenvalue weighted by atomic mass is 10.2. The van der Waals surface area contributed by atoms with Crippen molar-refractivity contribution in [1.82, 2.24) is 9.97 Å². The molecular weight excluding hydrogens is 270 g/mol. The molecule has 1 aromatic heterocycles. The first kappa shape index (κ1) is 10.2. The lowest BCUT2D eigenvalue weighted by Crippen LogP contribution is -2.13. The number of aromatic amines is 1. The summed E-state index contributed by atoms with van der Waals surface area (Å²) in [6.45, 7) is 0. The van der Waals surface area contributed by atoms with Gasteiger partial charge in [0.1, 0.15) is 5.69 Å². The standard InChI is InChI=1S/C9H5BrF2N2O/c10-3-8-9(15)14-7-2-5(12)4(11)1-6(7)13-8/h1-2H,3H2,(H,14,15). The third-order valence-corrected chi connectivity index (χ3v) is 2.46. The van der Waals surface area contributed by atoms with Gasteiger partial charge in [0.05, 0.1) is 16.4 Å². The van der Waals surface area contributed by atoms with Crippen molar-refractivity contribution in [3.63, 3.8) is 0 Å². The molecule has 3 nitrogen and oxygen atoms in total. The minimum absolute atomic E-state index is 0.184. The zero-order valence-corrected chi connectivity index (χ0v) is 8.94. The molecule has 0 unspecified atom stereocenters. The highest BCUT2D eigenvalue weighted by Crippen LogP contribution is 2.14. The van der Waals surface area contributed by atoms with Gasteiger partial charge in [0.15, 0.2) is 11.6 Å². The molecule has 0 aliphatic rings. The summed E-state index contributed by atoms with van der Waals surface area (Å²) >= 11 is 3.08. The minimum atomic E-state index is -1.01. The number of hydrogen-bond acceptors (Lipinski definition) is 2. The maximum Gasteiger partial charge on any atom is 0.271 e. The lowest BCUT2D eigenvalue weighted by molar-refractivity contribution is 0.510. The molecular formula is C9H5BrF2N2O. The molecule has 0 fully saturated rings. The number of benzene rings is 1. The monoisotopic (exact) mass is 274 g/mol. The molecule has 2 aromatic rings. The van der Waals surface area contributed by atoms with E-state index in [1.54, 1.807) is 0 Å². The molecule has 0 bridgehead atoms. The summed E-state index contributed by atoms with van der Waals surface area (Å²) in [7, 11) is 0. The van der Waals surface area contributed by atoms with Crippen LogP contribution in [0.25, 0.3) is 11.0 Å². The first-order chi connectivity index (χ1) is 7.11. The molecule has 78 valence electrons. The van der Waals surface area contributed by atoms with Gasteiger partial charge in [-0.1, -0.05) is 15.9 Å². The minimum Gasteiger partial charge on any atom is -0.319 e. The molecule has 0 saturated carbocycles. The highest BCUT2D eigenvalue weighted by atomic mass is 79.9. The summed E-state index contributed by atoms with van der Waals surface area (Å²) in [5.74, 6) is -1.99. The van der Waals surface area contributed by atoms with Crippen LogP contribution in [0.2, 0.25) is 0 Å². The van der Waals surface area contributed by atoms with Crippen molar-refractivity contribution in [3.8, 4) is 0 Å². The van der Waals surface area contributed by atoms with E-state index in [2.05, 4.69) is 25.9 Å². The molecule has 0 atom stereocenters. The van der Waals surface area contributed by atoms with Crippen molar-refractivity contribution >= 4 is 27.0 Å². The van der Waals surface area contributed by atoms with Gasteiger partial charge in [-0.2, -0.15) is 0 Å². The van der Waals surface area contributed by atoms with Gasteiger partial charge in [-0.25, -0.2) is 13.8 Å². The number of aromatic nitrogens is 2. The van der Waals surface area contributed by atoms with Crippen LogP contribution in [0, 0.1) is 11.6 Å². The summed E-state index contributed by atoms with van der Waals surface area (Å²) in [5.41, 5.74) is 0.227. The molecule has 0 spiro atoms. The van der Waals surface area contributed by atoms with Crippen LogP contribution in [0.4, 0.5) is 8.78 Å². The summed E-state index contributed by atoms with van der Waals surface area (Å²) < 4.78 is 25.7. The molecule has 0 radical (unpaired) electrons. The number of rotatable bonds is 1. The van der Waals surface area contributed by atoms with Crippen molar-refractivity contribution in [2.75, 3.05) is 0 Å². The Morgan fingerprint density at radius 3 is 2.67 bits per heavy atom. The first-order valence-corrected chi connectivity index (χ1v) is 5.18. The van der Waals surface area contributed by atoms with Gasteiger partial charge in [0, 0.05) is 12.1 Å². The van der Waals surface area contributed by atoms with Gasteiger partial charge < -0.3 is 4.98 Å². The van der Waals surface area contributed by atoms with E-state index in [1.165, 1.54) is 0 Å². The average molecular weight is 275 g/mol. The average Bonchev–Trinajstić information content (AvgIpc) is 2.20. The Balaban J connectivity index is 2.82. The molecule has 0 amide bonds. The summed E-state index contributed by atoms with van der Waals surface area (Å²) in [6.07, 6.45) is 0. The third-order valence-electron chi connectivity index (χ3n) is 1.93. The Morgan fingerprint density at radius 2 is 2.00 bits per heavy atom. The number of fused-ring (bicyclic) bond motifs is 1. The van der Waals surface area contributed by atoms with Gasteiger partial charge in [-0.05, 0) is 0 Å². The fourth-order valence-electron chi connectivity index (χ4n) is 1.21. The molecule has 0 aliphatic carbocycles. The Labute approximate surface area is 91.3 Å². The van der Waals surface area contributed by atoms with E-state index in [4.69, 9.17) is 0 Å². The number of nitrogens with zero attached hydrogens (tertiary/aromatic N) is 1. The first-order valence-electron chi connectivity index (χ1n) is 4.05. The fourth-order valence-corrected chi connectivity index (χ4v) is 1.59. The van der Waals surface area contributed by atoms with Crippen LogP contribution >= 0.6 is 15.9 Å². The zero-order valence-electron chi connectivity index (χ0n) is 7.35. The number of H-pyrrole nitrogens is 1. The molecule has 0 saturated heterocycles.